The second-order valence-corrected chi connectivity index (χ2v) is 25.0. The molecule has 0 radical (unpaired) electrons. The van der Waals surface area contributed by atoms with Crippen LogP contribution in [0.5, 0.6) is 0 Å². The van der Waals surface area contributed by atoms with Crippen LogP contribution in [0.4, 0.5) is 0 Å². The first-order chi connectivity index (χ1) is 40.6. The molecule has 0 amide bonds. The van der Waals surface area contributed by atoms with Gasteiger partial charge in [0, 0.05) is 31.0 Å². The van der Waals surface area contributed by atoms with Crippen molar-refractivity contribution in [1.82, 2.24) is 0 Å². The van der Waals surface area contributed by atoms with Gasteiger partial charge in [-0.2, -0.15) is 0 Å². The highest BCUT2D eigenvalue weighted by Gasteiger charge is 2.38. The molecule has 1 aromatic heterocycles. The van der Waals surface area contributed by atoms with E-state index in [2.05, 4.69) is 307 Å². The molecule has 15 aromatic rings. The van der Waals surface area contributed by atoms with Crippen LogP contribution in [-0.2, 0) is 10.8 Å². The molecule has 0 nitrogen and oxygen atoms in total. The third kappa shape index (κ3) is 8.01. The van der Waals surface area contributed by atoms with E-state index in [1.807, 2.05) is 11.3 Å². The Kier molecular flexibility index (Phi) is 11.2. The standard InChI is InChI=1S/C45H32.C37H26S/c1-45(2)43-28-39(21-22-41(43)42-23-20-30-9-5-6-13-40(30)44(42)45)33-12-7-11-32(25-33)34-16-17-38-27-37(19-18-36(38)26-34)35-15-14-29-8-3-4-10-31(29)24-35;1-37(2)33-22-25(18-19-29(33)31-20-17-23-9-3-4-12-27(23)35(31)37)24-10-7-11-26(21-24)28-14-8-15-32-30-13-5-6-16-34(30)38-36(28)32/h3-28H,1-2H3;3-22H,1-2H3. The van der Waals surface area contributed by atoms with Crippen molar-refractivity contribution in [3.05, 3.63) is 301 Å². The predicted octanol–water partition coefficient (Wildman–Crippen LogP) is 23.3. The van der Waals surface area contributed by atoms with E-state index in [-0.39, 0.29) is 10.8 Å². The first-order valence-corrected chi connectivity index (χ1v) is 29.9. The van der Waals surface area contributed by atoms with Crippen LogP contribution in [0.2, 0.25) is 0 Å². The first-order valence-electron chi connectivity index (χ1n) is 29.1. The van der Waals surface area contributed by atoms with Crippen molar-refractivity contribution in [3.8, 4) is 77.9 Å². The Hall–Kier alpha value is -9.66. The Bertz CT molecular complexity index is 5160. The molecule has 0 saturated heterocycles. The van der Waals surface area contributed by atoms with Gasteiger partial charge in [0.2, 0.25) is 0 Å². The van der Waals surface area contributed by atoms with Crippen LogP contribution in [-0.4, -0.2) is 0 Å². The zero-order chi connectivity index (χ0) is 55.6. The molecule has 0 spiro atoms. The number of benzene rings is 14. The maximum absolute atomic E-state index is 2.43. The molecule has 2 aliphatic rings. The molecule has 17 rings (SSSR count). The third-order valence-corrected chi connectivity index (χ3v) is 19.7. The molecule has 392 valence electrons. The van der Waals surface area contributed by atoms with Gasteiger partial charge in [0.05, 0.1) is 0 Å². The average Bonchev–Trinajstić information content (AvgIpc) is 3.95. The van der Waals surface area contributed by atoms with E-state index < -0.39 is 0 Å². The van der Waals surface area contributed by atoms with E-state index in [0.29, 0.717) is 0 Å². The first kappa shape index (κ1) is 49.2. The number of hydrogen-bond acceptors (Lipinski definition) is 1. The largest absolute Gasteiger partial charge is 0.135 e. The van der Waals surface area contributed by atoms with E-state index in [9.17, 15) is 0 Å². The lowest BCUT2D eigenvalue weighted by Gasteiger charge is -2.23. The molecule has 83 heavy (non-hydrogen) atoms. The highest BCUT2D eigenvalue weighted by Crippen LogP contribution is 2.54. The summed E-state index contributed by atoms with van der Waals surface area (Å²) >= 11 is 1.89. The minimum Gasteiger partial charge on any atom is -0.135 e. The molecule has 0 unspecified atom stereocenters. The zero-order valence-corrected chi connectivity index (χ0v) is 47.8. The van der Waals surface area contributed by atoms with Gasteiger partial charge in [-0.3, -0.25) is 0 Å². The van der Waals surface area contributed by atoms with Crippen LogP contribution in [0.15, 0.2) is 279 Å². The van der Waals surface area contributed by atoms with Crippen LogP contribution in [0.1, 0.15) is 49.9 Å². The van der Waals surface area contributed by atoms with E-state index in [1.54, 1.807) is 0 Å². The SMILES string of the molecule is CC1(C)c2cc(-c3cccc(-c4ccc5cc(-c6ccc7ccccc7c6)ccc5c4)c3)ccc2-c2ccc3ccccc3c21.CC1(C)c2cc(-c3cccc(-c4cccc5c4sc4ccccc45)c3)ccc2-c2ccc3ccccc3c21. The average molecular weight is 1080 g/mol. The van der Waals surface area contributed by atoms with Crippen molar-refractivity contribution in [2.24, 2.45) is 0 Å². The molecular weight excluding hydrogens is 1020 g/mol. The summed E-state index contributed by atoms with van der Waals surface area (Å²) in [6.45, 7) is 9.52. The Balaban J connectivity index is 0.000000138. The normalized spacial score (nSPS) is 13.5. The number of fused-ring (bicyclic) bond motifs is 15. The summed E-state index contributed by atoms with van der Waals surface area (Å²) in [4.78, 5) is 0. The van der Waals surface area contributed by atoms with Crippen molar-refractivity contribution in [2.45, 2.75) is 38.5 Å². The molecule has 0 aliphatic heterocycles. The summed E-state index contributed by atoms with van der Waals surface area (Å²) < 4.78 is 2.71. The van der Waals surface area contributed by atoms with Crippen molar-refractivity contribution in [2.75, 3.05) is 0 Å². The van der Waals surface area contributed by atoms with Crippen molar-refractivity contribution >= 4 is 74.6 Å². The van der Waals surface area contributed by atoms with Gasteiger partial charge in [-0.15, -0.1) is 11.3 Å². The van der Waals surface area contributed by atoms with Crippen LogP contribution >= 0.6 is 11.3 Å². The summed E-state index contributed by atoms with van der Waals surface area (Å²) in [5, 5.41) is 13.1. The van der Waals surface area contributed by atoms with Gasteiger partial charge in [-0.25, -0.2) is 0 Å². The van der Waals surface area contributed by atoms with Gasteiger partial charge >= 0.3 is 0 Å². The number of rotatable bonds is 5. The summed E-state index contributed by atoms with van der Waals surface area (Å²) in [6.07, 6.45) is 0. The molecule has 0 atom stereocenters. The molecule has 0 saturated carbocycles. The van der Waals surface area contributed by atoms with Gasteiger partial charge < -0.3 is 0 Å². The van der Waals surface area contributed by atoms with E-state index in [4.69, 9.17) is 0 Å². The van der Waals surface area contributed by atoms with Crippen molar-refractivity contribution in [3.63, 3.8) is 0 Å². The maximum Gasteiger partial charge on any atom is 0.0433 e. The van der Waals surface area contributed by atoms with Crippen molar-refractivity contribution in [1.29, 1.82) is 0 Å². The Morgan fingerprint density at radius 3 is 1.14 bits per heavy atom. The topological polar surface area (TPSA) is 0 Å². The molecule has 0 N–H and O–H groups in total. The zero-order valence-electron chi connectivity index (χ0n) is 47.0. The van der Waals surface area contributed by atoms with E-state index >= 15 is 0 Å². The lowest BCUT2D eigenvalue weighted by atomic mass is 9.79. The minimum absolute atomic E-state index is 0.0538. The van der Waals surface area contributed by atoms with Gasteiger partial charge in [-0.1, -0.05) is 258 Å². The third-order valence-electron chi connectivity index (χ3n) is 18.4. The number of hydrogen-bond donors (Lipinski definition) is 0. The van der Waals surface area contributed by atoms with Gasteiger partial charge in [0.25, 0.3) is 0 Å². The molecule has 0 fully saturated rings. The lowest BCUT2D eigenvalue weighted by molar-refractivity contribution is 0.666. The lowest BCUT2D eigenvalue weighted by Crippen LogP contribution is -2.15. The molecule has 2 aliphatic carbocycles. The van der Waals surface area contributed by atoms with Crippen LogP contribution in [0.3, 0.4) is 0 Å². The van der Waals surface area contributed by atoms with Gasteiger partial charge in [-0.05, 0) is 192 Å². The fourth-order valence-electron chi connectivity index (χ4n) is 14.3. The quantitative estimate of drug-likeness (QED) is 0.161. The Labute approximate surface area is 489 Å². The fourth-order valence-corrected chi connectivity index (χ4v) is 15.5. The highest BCUT2D eigenvalue weighted by molar-refractivity contribution is 7.26. The summed E-state index contributed by atoms with van der Waals surface area (Å²) in [5.74, 6) is 0. The summed E-state index contributed by atoms with van der Waals surface area (Å²) in [6, 6.07) is 103. The van der Waals surface area contributed by atoms with Gasteiger partial charge in [0.15, 0.2) is 0 Å². The second kappa shape index (κ2) is 19.0. The molecular formula is C82H58S. The number of thiophene rings is 1. The van der Waals surface area contributed by atoms with Crippen LogP contribution < -0.4 is 0 Å². The van der Waals surface area contributed by atoms with Crippen molar-refractivity contribution < 1.29 is 0 Å². The maximum atomic E-state index is 2.43. The van der Waals surface area contributed by atoms with E-state index in [0.717, 1.165) is 0 Å². The van der Waals surface area contributed by atoms with Crippen LogP contribution in [0, 0.1) is 0 Å². The predicted molar refractivity (Wildman–Crippen MR) is 358 cm³/mol. The highest BCUT2D eigenvalue weighted by atomic mass is 32.1. The Morgan fingerprint density at radius 1 is 0.229 bits per heavy atom. The molecule has 14 aromatic carbocycles. The van der Waals surface area contributed by atoms with Gasteiger partial charge in [0.1, 0.15) is 0 Å². The molecule has 1 heteroatoms. The Morgan fingerprint density at radius 2 is 0.590 bits per heavy atom. The van der Waals surface area contributed by atoms with E-state index in [1.165, 1.54) is 163 Å². The molecule has 1 heterocycles. The summed E-state index contributed by atoms with van der Waals surface area (Å²) in [7, 11) is 0. The van der Waals surface area contributed by atoms with Crippen LogP contribution in [0.25, 0.3) is 141 Å². The second-order valence-electron chi connectivity index (χ2n) is 24.0. The minimum atomic E-state index is -0.0663. The monoisotopic (exact) mass is 1070 g/mol. The summed E-state index contributed by atoms with van der Waals surface area (Å²) in [5.41, 5.74) is 23.7. The fraction of sp³-hybridized carbons (Fsp3) is 0.0732. The molecule has 0 bridgehead atoms. The smallest absolute Gasteiger partial charge is 0.0433 e.